The fraction of sp³-hybridized carbons (Fsp3) is 0.320. The normalized spacial score (nSPS) is 16.7. The van der Waals surface area contributed by atoms with Crippen molar-refractivity contribution in [1.29, 1.82) is 0 Å². The summed E-state index contributed by atoms with van der Waals surface area (Å²) in [7, 11) is 1.74. The van der Waals surface area contributed by atoms with Crippen molar-refractivity contribution in [3.05, 3.63) is 83.3 Å². The quantitative estimate of drug-likeness (QED) is 0.509. The van der Waals surface area contributed by atoms with Crippen molar-refractivity contribution in [1.82, 2.24) is 19.7 Å². The Morgan fingerprint density at radius 1 is 1.13 bits per heavy atom. The zero-order valence-corrected chi connectivity index (χ0v) is 17.6. The lowest BCUT2D eigenvalue weighted by Crippen LogP contribution is -2.37. The van der Waals surface area contributed by atoms with Crippen molar-refractivity contribution in [2.75, 3.05) is 20.2 Å². The maximum absolute atomic E-state index is 5.51. The van der Waals surface area contributed by atoms with Gasteiger partial charge in [0.25, 0.3) is 0 Å². The molecule has 0 fully saturated rings. The first-order valence-corrected chi connectivity index (χ1v) is 10.7. The molecule has 30 heavy (non-hydrogen) atoms. The summed E-state index contributed by atoms with van der Waals surface area (Å²) in [6.45, 7) is 5.16. The van der Waals surface area contributed by atoms with Gasteiger partial charge < -0.3 is 9.72 Å². The molecule has 0 unspecified atom stereocenters. The first-order valence-electron chi connectivity index (χ1n) is 10.7. The van der Waals surface area contributed by atoms with Crippen LogP contribution >= 0.6 is 0 Å². The number of nitrogens with one attached hydrogen (secondary N) is 1. The van der Waals surface area contributed by atoms with Crippen LogP contribution in [0.4, 0.5) is 0 Å². The van der Waals surface area contributed by atoms with E-state index in [1.54, 1.807) is 7.11 Å². The third-order valence-electron chi connectivity index (χ3n) is 6.26. The van der Waals surface area contributed by atoms with Gasteiger partial charge in [-0.15, -0.1) is 0 Å². The second-order valence-corrected chi connectivity index (χ2v) is 8.10. The Labute approximate surface area is 177 Å². The van der Waals surface area contributed by atoms with E-state index in [0.717, 1.165) is 38.2 Å². The molecule has 1 aliphatic heterocycles. The predicted molar refractivity (Wildman–Crippen MR) is 120 cm³/mol. The molecular weight excluding hydrogens is 372 g/mol. The van der Waals surface area contributed by atoms with Gasteiger partial charge in [0, 0.05) is 48.6 Å². The molecule has 0 amide bonds. The summed E-state index contributed by atoms with van der Waals surface area (Å²) in [5.41, 5.74) is 6.53. The summed E-state index contributed by atoms with van der Waals surface area (Å²) < 4.78 is 7.53. The molecule has 2 aromatic heterocycles. The topological polar surface area (TPSA) is 46.1 Å². The third-order valence-corrected chi connectivity index (χ3v) is 6.26. The van der Waals surface area contributed by atoms with Crippen molar-refractivity contribution in [2.24, 2.45) is 0 Å². The van der Waals surface area contributed by atoms with E-state index in [0.29, 0.717) is 0 Å². The number of benzene rings is 2. The van der Waals surface area contributed by atoms with Gasteiger partial charge >= 0.3 is 0 Å². The highest BCUT2D eigenvalue weighted by atomic mass is 16.5. The van der Waals surface area contributed by atoms with E-state index in [1.165, 1.54) is 33.3 Å². The van der Waals surface area contributed by atoms with Crippen LogP contribution in [0.3, 0.4) is 0 Å². The molecule has 0 bridgehead atoms. The molecule has 1 atom stereocenters. The lowest BCUT2D eigenvalue weighted by atomic mass is 9.91. The Morgan fingerprint density at radius 2 is 2.03 bits per heavy atom. The van der Waals surface area contributed by atoms with Crippen LogP contribution in [0, 0.1) is 6.92 Å². The summed E-state index contributed by atoms with van der Waals surface area (Å²) in [5, 5.41) is 5.71. The Kier molecular flexibility index (Phi) is 5.05. The molecule has 1 N–H and O–H groups in total. The first kappa shape index (κ1) is 18.9. The summed E-state index contributed by atoms with van der Waals surface area (Å²) in [6.07, 6.45) is 6.03. The van der Waals surface area contributed by atoms with Gasteiger partial charge in [-0.2, -0.15) is 5.10 Å². The summed E-state index contributed by atoms with van der Waals surface area (Å²) in [5.74, 6) is 0.941. The van der Waals surface area contributed by atoms with E-state index in [9.17, 15) is 0 Å². The largest absolute Gasteiger partial charge is 0.496 e. The molecule has 0 saturated heterocycles. The predicted octanol–water partition coefficient (Wildman–Crippen LogP) is 4.72. The second kappa shape index (κ2) is 8.00. The van der Waals surface area contributed by atoms with Crippen LogP contribution < -0.4 is 4.74 Å². The number of hydrogen-bond donors (Lipinski definition) is 1. The Morgan fingerprint density at radius 3 is 2.83 bits per heavy atom. The third kappa shape index (κ3) is 3.39. The van der Waals surface area contributed by atoms with Crippen LogP contribution in [0.5, 0.6) is 5.75 Å². The average molecular weight is 401 g/mol. The van der Waals surface area contributed by atoms with Gasteiger partial charge in [0.15, 0.2) is 0 Å². The lowest BCUT2D eigenvalue weighted by Gasteiger charge is -2.36. The SMILES string of the molecule is COc1ccc([C@@H]2c3[nH]c4ccccc4c3CCN2CCCn2cccn2)cc1C. The van der Waals surface area contributed by atoms with Crippen LogP contribution in [0.1, 0.15) is 34.8 Å². The van der Waals surface area contributed by atoms with E-state index in [-0.39, 0.29) is 6.04 Å². The molecular formula is C25H28N4O. The molecule has 0 radical (unpaired) electrons. The lowest BCUT2D eigenvalue weighted by molar-refractivity contribution is 0.204. The molecule has 154 valence electrons. The standard InChI is InChI=1S/C25H28N4O/c1-18-17-19(9-10-23(18)30-2)25-24-21(20-7-3-4-8-22(20)27-24)11-16-28(25)13-6-15-29-14-5-12-26-29/h3-5,7-10,12,14,17,25,27H,6,11,13,15-16H2,1-2H3/t25-/m1/s1. The number of hydrogen-bond acceptors (Lipinski definition) is 3. The maximum Gasteiger partial charge on any atom is 0.121 e. The molecule has 5 nitrogen and oxygen atoms in total. The van der Waals surface area contributed by atoms with E-state index < -0.39 is 0 Å². The molecule has 0 aliphatic carbocycles. The Hall–Kier alpha value is -3.05. The van der Waals surface area contributed by atoms with E-state index in [1.807, 2.05) is 23.1 Å². The van der Waals surface area contributed by atoms with Crippen LogP contribution in [-0.4, -0.2) is 39.9 Å². The number of rotatable bonds is 6. The van der Waals surface area contributed by atoms with Gasteiger partial charge in [-0.05, 0) is 54.7 Å². The summed E-state index contributed by atoms with van der Waals surface area (Å²) in [6, 6.07) is 17.5. The van der Waals surface area contributed by atoms with Gasteiger partial charge in [0.1, 0.15) is 5.75 Å². The number of nitrogens with zero attached hydrogens (tertiary/aromatic N) is 3. The van der Waals surface area contributed by atoms with Crippen molar-refractivity contribution in [3.8, 4) is 5.75 Å². The second-order valence-electron chi connectivity index (χ2n) is 8.10. The number of ether oxygens (including phenoxy) is 1. The van der Waals surface area contributed by atoms with Crippen molar-refractivity contribution in [3.63, 3.8) is 0 Å². The maximum atomic E-state index is 5.51. The number of methoxy groups -OCH3 is 1. The molecule has 3 heterocycles. The average Bonchev–Trinajstić information content (AvgIpc) is 3.41. The van der Waals surface area contributed by atoms with Gasteiger partial charge in [0.2, 0.25) is 0 Å². The molecule has 2 aromatic carbocycles. The van der Waals surface area contributed by atoms with Crippen LogP contribution in [0.2, 0.25) is 0 Å². The van der Waals surface area contributed by atoms with Gasteiger partial charge in [0.05, 0.1) is 13.2 Å². The molecule has 0 spiro atoms. The summed E-state index contributed by atoms with van der Waals surface area (Å²) >= 11 is 0. The number of fused-ring (bicyclic) bond motifs is 3. The van der Waals surface area contributed by atoms with Crippen LogP contribution in [0.15, 0.2) is 60.9 Å². The zero-order chi connectivity index (χ0) is 20.5. The highest BCUT2D eigenvalue weighted by Crippen LogP contribution is 2.39. The number of aryl methyl sites for hydroxylation is 2. The fourth-order valence-electron chi connectivity index (χ4n) is 4.85. The monoisotopic (exact) mass is 400 g/mol. The minimum atomic E-state index is 0.225. The van der Waals surface area contributed by atoms with Crippen LogP contribution in [-0.2, 0) is 13.0 Å². The van der Waals surface area contributed by atoms with Crippen molar-refractivity contribution in [2.45, 2.75) is 32.4 Å². The minimum Gasteiger partial charge on any atom is -0.496 e. The van der Waals surface area contributed by atoms with Crippen LogP contribution in [0.25, 0.3) is 10.9 Å². The smallest absolute Gasteiger partial charge is 0.121 e. The Bertz CT molecular complexity index is 1150. The van der Waals surface area contributed by atoms with Gasteiger partial charge in [-0.1, -0.05) is 30.3 Å². The van der Waals surface area contributed by atoms with E-state index >= 15 is 0 Å². The number of aromatic amines is 1. The molecule has 1 aliphatic rings. The zero-order valence-electron chi connectivity index (χ0n) is 17.6. The Balaban J connectivity index is 1.51. The van der Waals surface area contributed by atoms with E-state index in [2.05, 4.69) is 64.4 Å². The molecule has 5 rings (SSSR count). The highest BCUT2D eigenvalue weighted by molar-refractivity contribution is 5.85. The van der Waals surface area contributed by atoms with Crippen molar-refractivity contribution >= 4 is 10.9 Å². The molecule has 0 saturated carbocycles. The van der Waals surface area contributed by atoms with Crippen molar-refractivity contribution < 1.29 is 4.74 Å². The molecule has 5 heteroatoms. The fourth-order valence-corrected chi connectivity index (χ4v) is 4.85. The number of aromatic nitrogens is 3. The first-order chi connectivity index (χ1) is 14.7. The summed E-state index contributed by atoms with van der Waals surface area (Å²) in [4.78, 5) is 6.37. The minimum absolute atomic E-state index is 0.225. The number of para-hydroxylation sites is 1. The molecule has 4 aromatic rings. The highest BCUT2D eigenvalue weighted by Gasteiger charge is 2.31. The van der Waals surface area contributed by atoms with E-state index in [4.69, 9.17) is 4.74 Å². The van der Waals surface area contributed by atoms with Gasteiger partial charge in [-0.3, -0.25) is 9.58 Å². The number of H-pyrrole nitrogens is 1. The van der Waals surface area contributed by atoms with Gasteiger partial charge in [-0.25, -0.2) is 0 Å².